The van der Waals surface area contributed by atoms with E-state index in [4.69, 9.17) is 0 Å². The van der Waals surface area contributed by atoms with Gasteiger partial charge in [0.2, 0.25) is 10.0 Å². The maximum absolute atomic E-state index is 12.4. The summed E-state index contributed by atoms with van der Waals surface area (Å²) in [7, 11) is -1.53. The molecule has 112 valence electrons. The van der Waals surface area contributed by atoms with Crippen molar-refractivity contribution in [3.05, 3.63) is 35.4 Å². The van der Waals surface area contributed by atoms with Gasteiger partial charge in [-0.25, -0.2) is 12.7 Å². The zero-order valence-electron chi connectivity index (χ0n) is 12.3. The highest BCUT2D eigenvalue weighted by Gasteiger charge is 2.24. The van der Waals surface area contributed by atoms with Gasteiger partial charge in [-0.1, -0.05) is 36.2 Å². The summed E-state index contributed by atoms with van der Waals surface area (Å²) in [5.41, 5.74) is 2.19. The van der Waals surface area contributed by atoms with E-state index in [1.165, 1.54) is 4.31 Å². The molecule has 1 fully saturated rings. The molecule has 1 atom stereocenters. The van der Waals surface area contributed by atoms with Gasteiger partial charge in [-0.3, -0.25) is 0 Å². The van der Waals surface area contributed by atoms with Crippen molar-refractivity contribution in [1.82, 2.24) is 9.62 Å². The second-order valence-corrected chi connectivity index (χ2v) is 7.79. The molecule has 1 unspecified atom stereocenters. The van der Waals surface area contributed by atoms with Gasteiger partial charge < -0.3 is 5.32 Å². The van der Waals surface area contributed by atoms with Crippen LogP contribution >= 0.6 is 0 Å². The second-order valence-electron chi connectivity index (χ2n) is 5.67. The Morgan fingerprint density at radius 3 is 2.80 bits per heavy atom. The van der Waals surface area contributed by atoms with E-state index in [1.54, 1.807) is 7.05 Å². The van der Waals surface area contributed by atoms with Crippen molar-refractivity contribution < 1.29 is 8.42 Å². The second kappa shape index (κ2) is 6.70. The van der Waals surface area contributed by atoms with Crippen LogP contribution in [-0.4, -0.2) is 38.1 Å². The SMILES string of the molecule is Cc1cccc(CN(C)S(=O)(=O)CC2CCCCN2)c1. The fourth-order valence-corrected chi connectivity index (χ4v) is 4.01. The number of aryl methyl sites for hydroxylation is 1. The van der Waals surface area contributed by atoms with Crippen LogP contribution in [0.2, 0.25) is 0 Å². The van der Waals surface area contributed by atoms with Crippen LogP contribution in [0, 0.1) is 6.92 Å². The third kappa shape index (κ3) is 4.30. The fraction of sp³-hybridized carbons (Fsp3) is 0.600. The van der Waals surface area contributed by atoms with Gasteiger partial charge in [-0.05, 0) is 31.9 Å². The molecule has 1 aromatic rings. The van der Waals surface area contributed by atoms with Gasteiger partial charge in [-0.2, -0.15) is 0 Å². The van der Waals surface area contributed by atoms with Gasteiger partial charge in [0.25, 0.3) is 0 Å². The minimum absolute atomic E-state index is 0.105. The van der Waals surface area contributed by atoms with Gasteiger partial charge in [0.05, 0.1) is 5.75 Å². The molecule has 0 radical (unpaired) electrons. The van der Waals surface area contributed by atoms with Crippen LogP contribution in [-0.2, 0) is 16.6 Å². The smallest absolute Gasteiger partial charge is 0.215 e. The molecule has 1 aromatic carbocycles. The van der Waals surface area contributed by atoms with Crippen molar-refractivity contribution >= 4 is 10.0 Å². The van der Waals surface area contributed by atoms with Crippen molar-refractivity contribution in [2.24, 2.45) is 0 Å². The lowest BCUT2D eigenvalue weighted by Crippen LogP contribution is -2.43. The normalized spacial score (nSPS) is 20.2. The summed E-state index contributed by atoms with van der Waals surface area (Å²) in [5.74, 6) is 0.204. The molecule has 2 rings (SSSR count). The number of nitrogens with zero attached hydrogens (tertiary/aromatic N) is 1. The number of nitrogens with one attached hydrogen (secondary N) is 1. The predicted molar refractivity (Wildman–Crippen MR) is 82.1 cm³/mol. The van der Waals surface area contributed by atoms with E-state index in [9.17, 15) is 8.42 Å². The lowest BCUT2D eigenvalue weighted by Gasteiger charge is -2.26. The first-order valence-corrected chi connectivity index (χ1v) is 8.81. The van der Waals surface area contributed by atoms with Gasteiger partial charge in [-0.15, -0.1) is 0 Å². The van der Waals surface area contributed by atoms with E-state index >= 15 is 0 Å². The Balaban J connectivity index is 1.97. The molecule has 1 heterocycles. The van der Waals surface area contributed by atoms with Gasteiger partial charge in [0.15, 0.2) is 0 Å². The fourth-order valence-electron chi connectivity index (χ4n) is 2.61. The van der Waals surface area contributed by atoms with Crippen LogP contribution in [0.1, 0.15) is 30.4 Å². The van der Waals surface area contributed by atoms with Gasteiger partial charge in [0, 0.05) is 19.6 Å². The van der Waals surface area contributed by atoms with Gasteiger partial charge >= 0.3 is 0 Å². The number of hydrogen-bond acceptors (Lipinski definition) is 3. The van der Waals surface area contributed by atoms with E-state index in [-0.39, 0.29) is 11.8 Å². The summed E-state index contributed by atoms with van der Waals surface area (Å²) < 4.78 is 26.2. The molecule has 0 amide bonds. The molecule has 0 spiro atoms. The lowest BCUT2D eigenvalue weighted by atomic mass is 10.1. The van der Waals surface area contributed by atoms with E-state index < -0.39 is 10.0 Å². The molecule has 20 heavy (non-hydrogen) atoms. The van der Waals surface area contributed by atoms with Crippen LogP contribution in [0.4, 0.5) is 0 Å². The average molecular weight is 296 g/mol. The number of hydrogen-bond donors (Lipinski definition) is 1. The highest BCUT2D eigenvalue weighted by atomic mass is 32.2. The quantitative estimate of drug-likeness (QED) is 0.903. The molecular weight excluding hydrogens is 272 g/mol. The maximum atomic E-state index is 12.4. The largest absolute Gasteiger partial charge is 0.313 e. The average Bonchev–Trinajstić information content (AvgIpc) is 2.39. The summed E-state index contributed by atoms with van der Waals surface area (Å²) in [4.78, 5) is 0. The Bertz CT molecular complexity index is 537. The van der Waals surface area contributed by atoms with Crippen molar-refractivity contribution in [1.29, 1.82) is 0 Å². The molecule has 1 aliphatic rings. The highest BCUT2D eigenvalue weighted by Crippen LogP contribution is 2.14. The van der Waals surface area contributed by atoms with Crippen LogP contribution < -0.4 is 5.32 Å². The maximum Gasteiger partial charge on any atom is 0.215 e. The van der Waals surface area contributed by atoms with Crippen molar-refractivity contribution in [2.75, 3.05) is 19.3 Å². The first-order chi connectivity index (χ1) is 9.47. The molecule has 1 saturated heterocycles. The Hall–Kier alpha value is -0.910. The monoisotopic (exact) mass is 296 g/mol. The predicted octanol–water partition coefficient (Wildman–Crippen LogP) is 1.90. The first-order valence-electron chi connectivity index (χ1n) is 7.20. The molecule has 1 aliphatic heterocycles. The van der Waals surface area contributed by atoms with Gasteiger partial charge in [0.1, 0.15) is 0 Å². The Labute approximate surface area is 122 Å². The third-order valence-electron chi connectivity index (χ3n) is 3.79. The first kappa shape index (κ1) is 15.5. The molecular formula is C15H24N2O2S. The zero-order valence-corrected chi connectivity index (χ0v) is 13.1. The number of sulfonamides is 1. The van der Waals surface area contributed by atoms with E-state index in [0.717, 1.165) is 36.9 Å². The Kier molecular flexibility index (Phi) is 5.18. The summed E-state index contributed by atoms with van der Waals surface area (Å²) in [6.07, 6.45) is 3.22. The summed E-state index contributed by atoms with van der Waals surface area (Å²) in [6.45, 7) is 3.39. The van der Waals surface area contributed by atoms with E-state index in [0.29, 0.717) is 6.54 Å². The van der Waals surface area contributed by atoms with Crippen LogP contribution in [0.25, 0.3) is 0 Å². The zero-order chi connectivity index (χ0) is 14.6. The summed E-state index contributed by atoms with van der Waals surface area (Å²) in [5, 5.41) is 3.30. The third-order valence-corrected chi connectivity index (χ3v) is 5.69. The van der Waals surface area contributed by atoms with Crippen LogP contribution in [0.3, 0.4) is 0 Å². The van der Waals surface area contributed by atoms with E-state index in [2.05, 4.69) is 5.32 Å². The minimum Gasteiger partial charge on any atom is -0.313 e. The van der Waals surface area contributed by atoms with Crippen molar-refractivity contribution in [3.8, 4) is 0 Å². The molecule has 0 bridgehead atoms. The summed E-state index contributed by atoms with van der Waals surface area (Å²) in [6, 6.07) is 8.09. The highest BCUT2D eigenvalue weighted by molar-refractivity contribution is 7.89. The molecule has 0 saturated carbocycles. The molecule has 5 heteroatoms. The molecule has 0 aromatic heterocycles. The standard InChI is InChI=1S/C15H24N2O2S/c1-13-6-5-7-14(10-13)11-17(2)20(18,19)12-15-8-3-4-9-16-15/h5-7,10,15-16H,3-4,8-9,11-12H2,1-2H3. The number of rotatable bonds is 5. The lowest BCUT2D eigenvalue weighted by molar-refractivity contribution is 0.408. The Morgan fingerprint density at radius 2 is 2.15 bits per heavy atom. The van der Waals surface area contributed by atoms with E-state index in [1.807, 2.05) is 31.2 Å². The number of piperidine rings is 1. The minimum atomic E-state index is -3.20. The topological polar surface area (TPSA) is 49.4 Å². The molecule has 4 nitrogen and oxygen atoms in total. The number of benzene rings is 1. The molecule has 0 aliphatic carbocycles. The van der Waals surface area contributed by atoms with Crippen molar-refractivity contribution in [3.63, 3.8) is 0 Å². The van der Waals surface area contributed by atoms with Crippen LogP contribution in [0.5, 0.6) is 0 Å². The Morgan fingerprint density at radius 1 is 1.35 bits per heavy atom. The molecule has 1 N–H and O–H groups in total. The van der Waals surface area contributed by atoms with Crippen LogP contribution in [0.15, 0.2) is 24.3 Å². The summed E-state index contributed by atoms with van der Waals surface area (Å²) >= 11 is 0. The van der Waals surface area contributed by atoms with Crippen molar-refractivity contribution in [2.45, 2.75) is 38.8 Å².